The molecule has 1 amide bonds. The summed E-state index contributed by atoms with van der Waals surface area (Å²) in [7, 11) is 1.54. The van der Waals surface area contributed by atoms with E-state index in [1.165, 1.54) is 12.8 Å². The van der Waals surface area contributed by atoms with E-state index in [-0.39, 0.29) is 5.91 Å². The molecule has 1 aliphatic rings. The molecule has 0 radical (unpaired) electrons. The molecule has 2 rings (SSSR count). The van der Waals surface area contributed by atoms with E-state index in [9.17, 15) is 4.79 Å². The fraction of sp³-hybridized carbons (Fsp3) is 0.500. The number of methoxy groups -OCH3 is 1. The predicted octanol–water partition coefficient (Wildman–Crippen LogP) is 2.05. The van der Waals surface area contributed by atoms with E-state index in [0.717, 1.165) is 12.5 Å². The fourth-order valence-corrected chi connectivity index (χ4v) is 2.08. The Morgan fingerprint density at radius 2 is 2.28 bits per heavy atom. The van der Waals surface area contributed by atoms with Crippen molar-refractivity contribution in [3.05, 3.63) is 23.8 Å². The van der Waals surface area contributed by atoms with Crippen molar-refractivity contribution >= 4 is 11.6 Å². The molecule has 0 bridgehead atoms. The van der Waals surface area contributed by atoms with E-state index in [1.54, 1.807) is 25.3 Å². The lowest BCUT2D eigenvalue weighted by molar-refractivity contribution is 0.0943. The number of ether oxygens (including phenoxy) is 1. The molecule has 3 N–H and O–H groups in total. The number of carbonyl (C=O) groups excluding carboxylic acids is 1. The zero-order valence-corrected chi connectivity index (χ0v) is 10.9. The SMILES string of the molecule is COc1cc(N)ccc1C(=O)NCC(C)C1CC1. The minimum atomic E-state index is -0.0978. The Bertz CT molecular complexity index is 441. The van der Waals surface area contributed by atoms with Crippen LogP contribution in [0.3, 0.4) is 0 Å². The van der Waals surface area contributed by atoms with Crippen LogP contribution in [0.5, 0.6) is 5.75 Å². The van der Waals surface area contributed by atoms with Crippen LogP contribution in [-0.2, 0) is 0 Å². The van der Waals surface area contributed by atoms with Gasteiger partial charge in [-0.3, -0.25) is 4.79 Å². The molecule has 98 valence electrons. The highest BCUT2D eigenvalue weighted by molar-refractivity contribution is 5.97. The summed E-state index contributed by atoms with van der Waals surface area (Å²) in [6.45, 7) is 2.90. The highest BCUT2D eigenvalue weighted by atomic mass is 16.5. The summed E-state index contributed by atoms with van der Waals surface area (Å²) < 4.78 is 5.17. The second kappa shape index (κ2) is 5.29. The predicted molar refractivity (Wildman–Crippen MR) is 71.6 cm³/mol. The molecule has 4 heteroatoms. The molecule has 0 saturated heterocycles. The molecule has 18 heavy (non-hydrogen) atoms. The summed E-state index contributed by atoms with van der Waals surface area (Å²) in [5.74, 6) is 1.76. The zero-order valence-electron chi connectivity index (χ0n) is 10.9. The van der Waals surface area contributed by atoms with Gasteiger partial charge in [0.15, 0.2) is 0 Å². The quantitative estimate of drug-likeness (QED) is 0.784. The Morgan fingerprint density at radius 3 is 2.89 bits per heavy atom. The second-order valence-corrected chi connectivity index (χ2v) is 4.98. The van der Waals surface area contributed by atoms with Crippen molar-refractivity contribution in [2.45, 2.75) is 19.8 Å². The highest BCUT2D eigenvalue weighted by Crippen LogP contribution is 2.36. The van der Waals surface area contributed by atoms with Crippen LogP contribution in [-0.4, -0.2) is 19.6 Å². The molecule has 0 aromatic heterocycles. The van der Waals surface area contributed by atoms with Crippen LogP contribution in [0.2, 0.25) is 0 Å². The van der Waals surface area contributed by atoms with Crippen molar-refractivity contribution in [1.82, 2.24) is 5.32 Å². The van der Waals surface area contributed by atoms with Crippen molar-refractivity contribution in [2.24, 2.45) is 11.8 Å². The average molecular weight is 248 g/mol. The average Bonchev–Trinajstić information content (AvgIpc) is 3.19. The standard InChI is InChI=1S/C14H20N2O2/c1-9(10-3-4-10)8-16-14(17)12-6-5-11(15)7-13(12)18-2/h5-7,9-10H,3-4,8,15H2,1-2H3,(H,16,17). The maximum atomic E-state index is 12.1. The molecule has 0 heterocycles. The van der Waals surface area contributed by atoms with Gasteiger partial charge < -0.3 is 15.8 Å². The summed E-state index contributed by atoms with van der Waals surface area (Å²) in [6, 6.07) is 5.08. The minimum absolute atomic E-state index is 0.0978. The Labute approximate surface area is 108 Å². The van der Waals surface area contributed by atoms with Gasteiger partial charge in [-0.15, -0.1) is 0 Å². The Kier molecular flexibility index (Phi) is 3.75. The van der Waals surface area contributed by atoms with Crippen molar-refractivity contribution in [3.63, 3.8) is 0 Å². The molecule has 1 atom stereocenters. The van der Waals surface area contributed by atoms with Crippen LogP contribution in [0.25, 0.3) is 0 Å². The summed E-state index contributed by atoms with van der Waals surface area (Å²) in [5.41, 5.74) is 6.79. The fourth-order valence-electron chi connectivity index (χ4n) is 2.08. The van der Waals surface area contributed by atoms with Gasteiger partial charge in [-0.25, -0.2) is 0 Å². The first kappa shape index (κ1) is 12.7. The van der Waals surface area contributed by atoms with Crippen molar-refractivity contribution < 1.29 is 9.53 Å². The molecule has 0 aliphatic heterocycles. The summed E-state index contributed by atoms with van der Waals surface area (Å²) in [6.07, 6.45) is 2.59. The van der Waals surface area contributed by atoms with Crippen LogP contribution in [0.1, 0.15) is 30.1 Å². The Morgan fingerprint density at radius 1 is 1.56 bits per heavy atom. The number of nitrogens with one attached hydrogen (secondary N) is 1. The molecule has 1 aromatic carbocycles. The third-order valence-electron chi connectivity index (χ3n) is 3.48. The van der Waals surface area contributed by atoms with Crippen molar-refractivity contribution in [3.8, 4) is 5.75 Å². The second-order valence-electron chi connectivity index (χ2n) is 4.98. The van der Waals surface area contributed by atoms with Gasteiger partial charge in [-0.1, -0.05) is 6.92 Å². The normalized spacial score (nSPS) is 16.1. The zero-order chi connectivity index (χ0) is 13.1. The molecule has 1 aliphatic carbocycles. The lowest BCUT2D eigenvalue weighted by Gasteiger charge is -2.13. The maximum Gasteiger partial charge on any atom is 0.255 e. The number of hydrogen-bond acceptors (Lipinski definition) is 3. The first-order chi connectivity index (χ1) is 8.61. The van der Waals surface area contributed by atoms with Gasteiger partial charge in [-0.2, -0.15) is 0 Å². The van der Waals surface area contributed by atoms with Crippen LogP contribution < -0.4 is 15.8 Å². The van der Waals surface area contributed by atoms with Crippen LogP contribution >= 0.6 is 0 Å². The first-order valence-electron chi connectivity index (χ1n) is 6.33. The molecule has 1 unspecified atom stereocenters. The lowest BCUT2D eigenvalue weighted by Crippen LogP contribution is -2.29. The number of rotatable bonds is 5. The van der Waals surface area contributed by atoms with Crippen molar-refractivity contribution in [1.29, 1.82) is 0 Å². The van der Waals surface area contributed by atoms with Gasteiger partial charge >= 0.3 is 0 Å². The monoisotopic (exact) mass is 248 g/mol. The third kappa shape index (κ3) is 2.94. The van der Waals surface area contributed by atoms with Gasteiger partial charge in [0.05, 0.1) is 12.7 Å². The minimum Gasteiger partial charge on any atom is -0.496 e. The molecule has 1 saturated carbocycles. The van der Waals surface area contributed by atoms with Gasteiger partial charge in [-0.05, 0) is 36.8 Å². The van der Waals surface area contributed by atoms with Gasteiger partial charge in [0.2, 0.25) is 0 Å². The van der Waals surface area contributed by atoms with Gasteiger partial charge in [0.1, 0.15) is 5.75 Å². The first-order valence-corrected chi connectivity index (χ1v) is 6.33. The largest absolute Gasteiger partial charge is 0.496 e. The molecule has 1 aromatic rings. The maximum absolute atomic E-state index is 12.1. The summed E-state index contributed by atoms with van der Waals surface area (Å²) in [4.78, 5) is 12.1. The summed E-state index contributed by atoms with van der Waals surface area (Å²) in [5, 5.41) is 2.95. The number of hydrogen-bond donors (Lipinski definition) is 2. The molecular weight excluding hydrogens is 228 g/mol. The van der Waals surface area contributed by atoms with Crippen LogP contribution in [0, 0.1) is 11.8 Å². The van der Waals surface area contributed by atoms with Crippen LogP contribution in [0.15, 0.2) is 18.2 Å². The number of benzene rings is 1. The van der Waals surface area contributed by atoms with Crippen molar-refractivity contribution in [2.75, 3.05) is 19.4 Å². The van der Waals surface area contributed by atoms with Gasteiger partial charge in [0, 0.05) is 18.3 Å². The number of amides is 1. The molecular formula is C14H20N2O2. The van der Waals surface area contributed by atoms with E-state index in [4.69, 9.17) is 10.5 Å². The van der Waals surface area contributed by atoms with E-state index in [1.807, 2.05) is 0 Å². The molecule has 4 nitrogen and oxygen atoms in total. The van der Waals surface area contributed by atoms with Gasteiger partial charge in [0.25, 0.3) is 5.91 Å². The van der Waals surface area contributed by atoms with E-state index in [0.29, 0.717) is 22.9 Å². The van der Waals surface area contributed by atoms with E-state index >= 15 is 0 Å². The number of nitrogens with two attached hydrogens (primary N) is 1. The Hall–Kier alpha value is -1.71. The highest BCUT2D eigenvalue weighted by Gasteiger charge is 2.28. The Balaban J connectivity index is 1.99. The third-order valence-corrected chi connectivity index (χ3v) is 3.48. The topological polar surface area (TPSA) is 64.3 Å². The number of carbonyl (C=O) groups is 1. The molecule has 0 spiro atoms. The summed E-state index contributed by atoms with van der Waals surface area (Å²) >= 11 is 0. The van der Waals surface area contributed by atoms with Crippen LogP contribution in [0.4, 0.5) is 5.69 Å². The number of anilines is 1. The van der Waals surface area contributed by atoms with E-state index < -0.39 is 0 Å². The molecule has 1 fully saturated rings. The number of nitrogen functional groups attached to an aromatic ring is 1. The van der Waals surface area contributed by atoms with E-state index in [2.05, 4.69) is 12.2 Å². The lowest BCUT2D eigenvalue weighted by atomic mass is 10.1. The smallest absolute Gasteiger partial charge is 0.255 e.